The summed E-state index contributed by atoms with van der Waals surface area (Å²) in [5.41, 5.74) is 2.05. The molecule has 0 saturated carbocycles. The molecule has 5 rings (SSSR count). The molecule has 0 aliphatic heterocycles. The maximum absolute atomic E-state index is 13.5. The lowest BCUT2D eigenvalue weighted by atomic mass is 10.1. The minimum absolute atomic E-state index is 0.0141. The molecule has 5 nitrogen and oxygen atoms in total. The molecule has 1 aromatic heterocycles. The highest BCUT2D eigenvalue weighted by Gasteiger charge is 2.19. The topological polar surface area (TPSA) is 59.8 Å². The van der Waals surface area contributed by atoms with Gasteiger partial charge in [-0.2, -0.15) is 0 Å². The van der Waals surface area contributed by atoms with Gasteiger partial charge in [0.05, 0.1) is 5.69 Å². The second-order valence-electron chi connectivity index (χ2n) is 7.13. The molecular weight excluding hydrogens is 471 g/mol. The van der Waals surface area contributed by atoms with Crippen LogP contribution in [0.15, 0.2) is 95.5 Å². The van der Waals surface area contributed by atoms with Crippen LogP contribution in [0.25, 0.3) is 27.8 Å². The van der Waals surface area contributed by atoms with Crippen LogP contribution >= 0.6 is 15.9 Å². The number of halogens is 2. The first-order valence-corrected chi connectivity index (χ1v) is 10.7. The Morgan fingerprint density at radius 2 is 1.59 bits per heavy atom. The van der Waals surface area contributed by atoms with Gasteiger partial charge in [-0.15, -0.1) is 5.10 Å². The van der Waals surface area contributed by atoms with Gasteiger partial charge in [-0.1, -0.05) is 64.5 Å². The molecule has 0 aliphatic rings. The highest BCUT2D eigenvalue weighted by Crippen LogP contribution is 2.26. The molecule has 0 atom stereocenters. The predicted octanol–water partition coefficient (Wildman–Crippen LogP) is 6.24. The van der Waals surface area contributed by atoms with Crippen molar-refractivity contribution < 1.29 is 9.18 Å². The summed E-state index contributed by atoms with van der Waals surface area (Å²) in [5, 5.41) is 9.31. The van der Waals surface area contributed by atoms with E-state index >= 15 is 0 Å². The van der Waals surface area contributed by atoms with Gasteiger partial charge in [-0.05, 0) is 47.9 Å². The Morgan fingerprint density at radius 3 is 2.38 bits per heavy atom. The zero-order valence-corrected chi connectivity index (χ0v) is 18.3. The number of fused-ring (bicyclic) bond motifs is 1. The molecule has 7 heteroatoms. The van der Waals surface area contributed by atoms with E-state index in [2.05, 4.69) is 31.3 Å². The second-order valence-corrected chi connectivity index (χ2v) is 8.05. The van der Waals surface area contributed by atoms with E-state index in [1.807, 2.05) is 66.7 Å². The lowest BCUT2D eigenvalue weighted by molar-refractivity contribution is 0.101. The highest BCUT2D eigenvalue weighted by atomic mass is 79.9. The first-order valence-electron chi connectivity index (χ1n) is 9.86. The van der Waals surface area contributed by atoms with E-state index in [0.29, 0.717) is 17.2 Å². The van der Waals surface area contributed by atoms with Gasteiger partial charge in [0.1, 0.15) is 5.82 Å². The molecule has 1 amide bonds. The average molecular weight is 487 g/mol. The molecule has 156 valence electrons. The van der Waals surface area contributed by atoms with Crippen LogP contribution in [0, 0.1) is 5.82 Å². The third kappa shape index (κ3) is 3.90. The Kier molecular flexibility index (Phi) is 5.25. The molecule has 1 N–H and O–H groups in total. The molecule has 32 heavy (non-hydrogen) atoms. The number of rotatable bonds is 4. The van der Waals surface area contributed by atoms with E-state index in [1.54, 1.807) is 16.8 Å². The second kappa shape index (κ2) is 8.36. The Hall–Kier alpha value is -3.84. The maximum Gasteiger partial charge on any atom is 0.295 e. The quantitative estimate of drug-likeness (QED) is 0.327. The van der Waals surface area contributed by atoms with Gasteiger partial charge in [0.2, 0.25) is 5.82 Å². The van der Waals surface area contributed by atoms with Gasteiger partial charge in [0.25, 0.3) is 5.91 Å². The van der Waals surface area contributed by atoms with E-state index in [0.717, 1.165) is 20.8 Å². The minimum atomic E-state index is -0.430. The summed E-state index contributed by atoms with van der Waals surface area (Å²) in [7, 11) is 0. The summed E-state index contributed by atoms with van der Waals surface area (Å²) in [4.78, 5) is 17.6. The van der Waals surface area contributed by atoms with Crippen LogP contribution in [-0.2, 0) is 0 Å². The molecule has 0 unspecified atom stereocenters. The fourth-order valence-corrected chi connectivity index (χ4v) is 3.73. The van der Waals surface area contributed by atoms with Gasteiger partial charge < -0.3 is 5.32 Å². The van der Waals surface area contributed by atoms with Crippen molar-refractivity contribution in [3.05, 3.63) is 107 Å². The van der Waals surface area contributed by atoms with Crippen molar-refractivity contribution in [3.63, 3.8) is 0 Å². The van der Waals surface area contributed by atoms with E-state index in [-0.39, 0.29) is 11.6 Å². The SMILES string of the molecule is O=C(Nc1cccc2ccccc12)c1nc(-c2ccc(Br)cc2)n(-c2ccc(F)cc2)n1. The molecule has 5 aromatic rings. The van der Waals surface area contributed by atoms with Crippen molar-refractivity contribution >= 4 is 38.3 Å². The zero-order chi connectivity index (χ0) is 22.1. The van der Waals surface area contributed by atoms with Crippen LogP contribution < -0.4 is 5.32 Å². The van der Waals surface area contributed by atoms with Crippen LogP contribution in [0.5, 0.6) is 0 Å². The monoisotopic (exact) mass is 486 g/mol. The lowest BCUT2D eigenvalue weighted by Gasteiger charge is -2.07. The normalized spacial score (nSPS) is 10.9. The van der Waals surface area contributed by atoms with Crippen LogP contribution in [0.1, 0.15) is 10.6 Å². The van der Waals surface area contributed by atoms with E-state index < -0.39 is 5.91 Å². The number of nitrogens with zero attached hydrogens (tertiary/aromatic N) is 3. The van der Waals surface area contributed by atoms with E-state index in [1.165, 1.54) is 12.1 Å². The van der Waals surface area contributed by atoms with E-state index in [9.17, 15) is 9.18 Å². The summed E-state index contributed by atoms with van der Waals surface area (Å²) in [6.45, 7) is 0. The first kappa shape index (κ1) is 20.1. The van der Waals surface area contributed by atoms with Crippen LogP contribution in [0.4, 0.5) is 10.1 Å². The third-order valence-corrected chi connectivity index (χ3v) is 5.55. The number of benzene rings is 4. The number of amides is 1. The fourth-order valence-electron chi connectivity index (χ4n) is 3.47. The Morgan fingerprint density at radius 1 is 0.875 bits per heavy atom. The van der Waals surface area contributed by atoms with Crippen molar-refractivity contribution in [1.29, 1.82) is 0 Å². The van der Waals surface area contributed by atoms with Gasteiger partial charge in [-0.3, -0.25) is 4.79 Å². The van der Waals surface area contributed by atoms with Crippen LogP contribution in [0.3, 0.4) is 0 Å². The molecule has 4 aromatic carbocycles. The number of hydrogen-bond acceptors (Lipinski definition) is 3. The molecule has 0 spiro atoms. The number of carbonyl (C=O) groups is 1. The highest BCUT2D eigenvalue weighted by molar-refractivity contribution is 9.10. The first-order chi connectivity index (χ1) is 15.6. The molecule has 0 fully saturated rings. The molecule has 0 saturated heterocycles. The summed E-state index contributed by atoms with van der Waals surface area (Å²) in [6, 6.07) is 26.9. The number of anilines is 1. The van der Waals surface area contributed by atoms with Crippen molar-refractivity contribution in [2.24, 2.45) is 0 Å². The predicted molar refractivity (Wildman–Crippen MR) is 126 cm³/mol. The summed E-state index contributed by atoms with van der Waals surface area (Å²) < 4.78 is 15.9. The summed E-state index contributed by atoms with van der Waals surface area (Å²) in [6.07, 6.45) is 0. The maximum atomic E-state index is 13.5. The van der Waals surface area contributed by atoms with Crippen molar-refractivity contribution in [3.8, 4) is 17.1 Å². The van der Waals surface area contributed by atoms with Gasteiger partial charge >= 0.3 is 0 Å². The number of nitrogens with one attached hydrogen (secondary N) is 1. The van der Waals surface area contributed by atoms with Crippen molar-refractivity contribution in [2.45, 2.75) is 0 Å². The molecule has 0 aliphatic carbocycles. The Labute approximate surface area is 191 Å². The lowest BCUT2D eigenvalue weighted by Crippen LogP contribution is -2.14. The smallest absolute Gasteiger partial charge is 0.295 e. The van der Waals surface area contributed by atoms with E-state index in [4.69, 9.17) is 0 Å². The summed E-state index contributed by atoms with van der Waals surface area (Å²) >= 11 is 3.43. The minimum Gasteiger partial charge on any atom is -0.319 e. The fraction of sp³-hybridized carbons (Fsp3) is 0. The van der Waals surface area contributed by atoms with Crippen molar-refractivity contribution in [2.75, 3.05) is 5.32 Å². The molecule has 0 radical (unpaired) electrons. The summed E-state index contributed by atoms with van der Waals surface area (Å²) in [5.74, 6) is -0.291. The largest absolute Gasteiger partial charge is 0.319 e. The number of aromatic nitrogens is 3. The molecular formula is C25H16BrFN4O. The van der Waals surface area contributed by atoms with Gasteiger partial charge in [-0.25, -0.2) is 14.1 Å². The molecule has 1 heterocycles. The van der Waals surface area contributed by atoms with Gasteiger partial charge in [0.15, 0.2) is 5.82 Å². The van der Waals surface area contributed by atoms with Gasteiger partial charge in [0, 0.05) is 21.1 Å². The molecule has 0 bridgehead atoms. The van der Waals surface area contributed by atoms with Crippen LogP contribution in [0.2, 0.25) is 0 Å². The Balaban J connectivity index is 1.56. The average Bonchev–Trinajstić information content (AvgIpc) is 3.26. The Bertz CT molecular complexity index is 1360. The number of carbonyl (C=O) groups excluding carboxylic acids is 1. The zero-order valence-electron chi connectivity index (χ0n) is 16.7. The third-order valence-electron chi connectivity index (χ3n) is 5.02. The number of hydrogen-bond donors (Lipinski definition) is 1. The van der Waals surface area contributed by atoms with Crippen molar-refractivity contribution in [1.82, 2.24) is 14.8 Å². The van der Waals surface area contributed by atoms with Crippen LogP contribution in [-0.4, -0.2) is 20.7 Å². The standard InChI is InChI=1S/C25H16BrFN4O/c26-18-10-8-17(9-11-18)24-29-23(30-31(24)20-14-12-19(27)13-15-20)25(32)28-22-7-3-5-16-4-1-2-6-21(16)22/h1-15H,(H,28,32).